The first-order valence-corrected chi connectivity index (χ1v) is 8.53. The average molecular weight is 380 g/mol. The summed E-state index contributed by atoms with van der Waals surface area (Å²) in [5, 5.41) is 11.2. The van der Waals surface area contributed by atoms with Crippen LogP contribution in [0, 0.1) is 11.3 Å². The highest BCUT2D eigenvalue weighted by Crippen LogP contribution is 2.14. The predicted molar refractivity (Wildman–Crippen MR) is 102 cm³/mol. The van der Waals surface area contributed by atoms with Crippen molar-refractivity contribution in [3.05, 3.63) is 65.7 Å². The van der Waals surface area contributed by atoms with Crippen molar-refractivity contribution in [3.63, 3.8) is 0 Å². The maximum Gasteiger partial charge on any atom is 0.338 e. The lowest BCUT2D eigenvalue weighted by Crippen LogP contribution is -2.35. The summed E-state index contributed by atoms with van der Waals surface area (Å²) in [4.78, 5) is 36.8. The molecule has 0 saturated carbocycles. The van der Waals surface area contributed by atoms with Crippen LogP contribution in [0.3, 0.4) is 0 Å². The number of anilines is 1. The van der Waals surface area contributed by atoms with Gasteiger partial charge in [0.2, 0.25) is 0 Å². The largest absolute Gasteiger partial charge is 0.452 e. The summed E-state index contributed by atoms with van der Waals surface area (Å²) in [6, 6.07) is 16.6. The molecule has 2 aromatic rings. The molecule has 144 valence electrons. The molecule has 0 heterocycles. The minimum absolute atomic E-state index is 0.162. The Bertz CT molecular complexity index is 860. The molecule has 0 spiro atoms. The second kappa shape index (κ2) is 10.3. The third-order valence-corrected chi connectivity index (χ3v) is 3.80. The van der Waals surface area contributed by atoms with Crippen LogP contribution in [0.15, 0.2) is 54.6 Å². The number of hydrogen-bond acceptors (Lipinski definition) is 5. The molecular formula is C20H20N4O4. The summed E-state index contributed by atoms with van der Waals surface area (Å²) in [7, 11) is 0. The smallest absolute Gasteiger partial charge is 0.338 e. The van der Waals surface area contributed by atoms with Crippen molar-refractivity contribution in [2.75, 3.05) is 18.1 Å². The van der Waals surface area contributed by atoms with E-state index >= 15 is 0 Å². The normalized spacial score (nSPS) is 9.82. The number of nitriles is 1. The molecule has 0 bridgehead atoms. The van der Waals surface area contributed by atoms with E-state index in [0.717, 1.165) is 5.56 Å². The SMILES string of the molecule is N#CCCN(C(=O)COC(=O)c1ccc(CNC(N)=O)cc1)c1ccccc1. The summed E-state index contributed by atoms with van der Waals surface area (Å²) in [5.41, 5.74) is 6.67. The number of para-hydroxylation sites is 1. The van der Waals surface area contributed by atoms with Crippen LogP contribution in [-0.2, 0) is 16.1 Å². The summed E-state index contributed by atoms with van der Waals surface area (Å²) in [5.74, 6) is -1.06. The van der Waals surface area contributed by atoms with Gasteiger partial charge in [-0.3, -0.25) is 4.79 Å². The number of hydrogen-bond donors (Lipinski definition) is 2. The Hall–Kier alpha value is -3.86. The van der Waals surface area contributed by atoms with Crippen LogP contribution in [0.5, 0.6) is 0 Å². The number of primary amides is 1. The number of benzene rings is 2. The van der Waals surface area contributed by atoms with Crippen molar-refractivity contribution < 1.29 is 19.1 Å². The van der Waals surface area contributed by atoms with Crippen LogP contribution in [-0.4, -0.2) is 31.1 Å². The average Bonchev–Trinajstić information content (AvgIpc) is 2.72. The van der Waals surface area contributed by atoms with Crippen LogP contribution in [0.2, 0.25) is 0 Å². The zero-order chi connectivity index (χ0) is 20.4. The second-order valence-electron chi connectivity index (χ2n) is 5.78. The molecule has 28 heavy (non-hydrogen) atoms. The molecule has 0 unspecified atom stereocenters. The van der Waals surface area contributed by atoms with Crippen LogP contribution < -0.4 is 16.0 Å². The Labute approximate surface area is 162 Å². The predicted octanol–water partition coefficient (Wildman–Crippen LogP) is 1.96. The number of carbonyl (C=O) groups excluding carboxylic acids is 3. The van der Waals surface area contributed by atoms with Crippen molar-refractivity contribution in [2.24, 2.45) is 5.73 Å². The molecule has 0 saturated heterocycles. The lowest BCUT2D eigenvalue weighted by Gasteiger charge is -2.21. The van der Waals surface area contributed by atoms with Gasteiger partial charge in [-0.1, -0.05) is 30.3 Å². The van der Waals surface area contributed by atoms with E-state index in [0.29, 0.717) is 5.69 Å². The number of carbonyl (C=O) groups is 3. The molecule has 8 heteroatoms. The van der Waals surface area contributed by atoms with Gasteiger partial charge in [-0.25, -0.2) is 9.59 Å². The van der Waals surface area contributed by atoms with E-state index in [1.807, 2.05) is 12.1 Å². The van der Waals surface area contributed by atoms with Crippen molar-refractivity contribution in [2.45, 2.75) is 13.0 Å². The first-order chi connectivity index (χ1) is 13.5. The van der Waals surface area contributed by atoms with E-state index in [4.69, 9.17) is 15.7 Å². The van der Waals surface area contributed by atoms with Crippen LogP contribution in [0.4, 0.5) is 10.5 Å². The highest BCUT2D eigenvalue weighted by Gasteiger charge is 2.18. The first-order valence-electron chi connectivity index (χ1n) is 8.53. The third-order valence-electron chi connectivity index (χ3n) is 3.80. The van der Waals surface area contributed by atoms with Gasteiger partial charge in [0, 0.05) is 18.8 Å². The molecule has 3 N–H and O–H groups in total. The van der Waals surface area contributed by atoms with E-state index in [1.54, 1.807) is 36.4 Å². The Balaban J connectivity index is 1.95. The summed E-state index contributed by atoms with van der Waals surface area (Å²) in [6.45, 7) is 0.0106. The third kappa shape index (κ3) is 6.14. The number of esters is 1. The molecule has 0 aliphatic carbocycles. The standard InChI is InChI=1S/C20H20N4O4/c21-11-4-12-24(17-5-2-1-3-6-17)18(25)14-28-19(26)16-9-7-15(8-10-16)13-23-20(22)27/h1-3,5-10H,4,12-14H2,(H3,22,23,27). The van der Waals surface area contributed by atoms with Crippen LogP contribution >= 0.6 is 0 Å². The lowest BCUT2D eigenvalue weighted by atomic mass is 10.1. The number of ether oxygens (including phenoxy) is 1. The van der Waals surface area contributed by atoms with Gasteiger partial charge in [-0.05, 0) is 29.8 Å². The number of urea groups is 1. The van der Waals surface area contributed by atoms with Gasteiger partial charge >= 0.3 is 12.0 Å². The molecule has 2 aromatic carbocycles. The Morgan fingerprint density at radius 3 is 2.36 bits per heavy atom. The van der Waals surface area contributed by atoms with Crippen molar-refractivity contribution >= 4 is 23.6 Å². The van der Waals surface area contributed by atoms with Crippen molar-refractivity contribution in [3.8, 4) is 6.07 Å². The molecule has 0 aliphatic rings. The topological polar surface area (TPSA) is 126 Å². The zero-order valence-electron chi connectivity index (χ0n) is 15.1. The fraction of sp³-hybridized carbons (Fsp3) is 0.200. The Kier molecular flexibility index (Phi) is 7.54. The highest BCUT2D eigenvalue weighted by atomic mass is 16.5. The van der Waals surface area contributed by atoms with Crippen LogP contribution in [0.25, 0.3) is 0 Å². The van der Waals surface area contributed by atoms with Gasteiger partial charge in [-0.15, -0.1) is 0 Å². The van der Waals surface area contributed by atoms with E-state index in [2.05, 4.69) is 5.32 Å². The maximum absolute atomic E-state index is 12.5. The zero-order valence-corrected chi connectivity index (χ0v) is 15.1. The molecule has 0 radical (unpaired) electrons. The molecular weight excluding hydrogens is 360 g/mol. The van der Waals surface area contributed by atoms with Crippen molar-refractivity contribution in [1.29, 1.82) is 5.26 Å². The summed E-state index contributed by atoms with van der Waals surface area (Å²) in [6.07, 6.45) is 0.162. The number of nitrogens with two attached hydrogens (primary N) is 1. The number of rotatable bonds is 8. The summed E-state index contributed by atoms with van der Waals surface area (Å²) < 4.78 is 5.11. The van der Waals surface area contributed by atoms with Gasteiger partial charge in [0.1, 0.15) is 0 Å². The molecule has 0 fully saturated rings. The fourth-order valence-electron chi connectivity index (χ4n) is 2.40. The van der Waals surface area contributed by atoms with E-state index in [-0.39, 0.29) is 25.1 Å². The molecule has 0 atom stereocenters. The van der Waals surface area contributed by atoms with E-state index < -0.39 is 24.5 Å². The fourth-order valence-corrected chi connectivity index (χ4v) is 2.40. The minimum atomic E-state index is -0.643. The van der Waals surface area contributed by atoms with Crippen LogP contribution in [0.1, 0.15) is 22.3 Å². The Morgan fingerprint density at radius 1 is 1.07 bits per heavy atom. The number of amides is 3. The number of nitrogens with one attached hydrogen (secondary N) is 1. The van der Waals surface area contributed by atoms with E-state index in [9.17, 15) is 14.4 Å². The van der Waals surface area contributed by atoms with Gasteiger partial charge < -0.3 is 20.7 Å². The Morgan fingerprint density at radius 2 is 1.75 bits per heavy atom. The van der Waals surface area contributed by atoms with Gasteiger partial charge in [-0.2, -0.15) is 5.26 Å². The van der Waals surface area contributed by atoms with Gasteiger partial charge in [0.25, 0.3) is 5.91 Å². The number of nitrogens with zero attached hydrogens (tertiary/aromatic N) is 2. The summed E-state index contributed by atoms with van der Waals surface area (Å²) >= 11 is 0. The molecule has 8 nitrogen and oxygen atoms in total. The second-order valence-corrected chi connectivity index (χ2v) is 5.78. The maximum atomic E-state index is 12.5. The first kappa shape index (κ1) is 20.5. The molecule has 0 aromatic heterocycles. The van der Waals surface area contributed by atoms with Gasteiger partial charge in [0.15, 0.2) is 6.61 Å². The molecule has 3 amide bonds. The highest BCUT2D eigenvalue weighted by molar-refractivity contribution is 5.97. The quantitative estimate of drug-likeness (QED) is 0.677. The van der Waals surface area contributed by atoms with Crippen molar-refractivity contribution in [1.82, 2.24) is 5.32 Å². The monoisotopic (exact) mass is 380 g/mol. The van der Waals surface area contributed by atoms with E-state index in [1.165, 1.54) is 17.0 Å². The van der Waals surface area contributed by atoms with Gasteiger partial charge in [0.05, 0.1) is 18.1 Å². The molecule has 2 rings (SSSR count). The molecule has 0 aliphatic heterocycles. The lowest BCUT2D eigenvalue weighted by molar-refractivity contribution is -0.121. The minimum Gasteiger partial charge on any atom is -0.452 e.